The van der Waals surface area contributed by atoms with Crippen molar-refractivity contribution >= 4 is 32.0 Å². The standard InChI is InChI=1S/C18H21N3O5S/c1-11-10-13(19-2)14-15(22)12-4-9-25-16(12)18(17(14)26-11)27(23,24)21-7-5-20(3)6-8-21/h4,9-10,22H,5-8H2,1-3H3. The molecule has 1 aliphatic heterocycles. The lowest BCUT2D eigenvalue weighted by molar-refractivity contribution is 0.222. The van der Waals surface area contributed by atoms with E-state index in [1.54, 1.807) is 26.1 Å². The number of fused-ring (bicyclic) bond motifs is 2. The highest BCUT2D eigenvalue weighted by Crippen LogP contribution is 2.40. The first-order valence-corrected chi connectivity index (χ1v) is 10.1. The summed E-state index contributed by atoms with van der Waals surface area (Å²) in [7, 11) is -0.359. The van der Waals surface area contributed by atoms with Gasteiger partial charge in [-0.1, -0.05) is 0 Å². The lowest BCUT2D eigenvalue weighted by Crippen LogP contribution is -2.47. The SMILES string of the molecule is CN=c1cc(C)oc2c(S(=O)(=O)N3CCN(C)CC3)c3occc3c(O)c12. The minimum atomic E-state index is -3.90. The van der Waals surface area contributed by atoms with Gasteiger partial charge < -0.3 is 18.8 Å². The summed E-state index contributed by atoms with van der Waals surface area (Å²) < 4.78 is 39.7. The van der Waals surface area contributed by atoms with E-state index in [-0.39, 0.29) is 27.2 Å². The molecule has 1 aliphatic rings. The average molecular weight is 391 g/mol. The molecule has 1 saturated heterocycles. The number of phenols is 1. The van der Waals surface area contributed by atoms with Crippen LogP contribution < -0.4 is 5.36 Å². The molecule has 27 heavy (non-hydrogen) atoms. The molecule has 0 saturated carbocycles. The second kappa shape index (κ2) is 6.36. The van der Waals surface area contributed by atoms with Crippen LogP contribution in [0.15, 0.2) is 37.1 Å². The molecular weight excluding hydrogens is 370 g/mol. The summed E-state index contributed by atoms with van der Waals surface area (Å²) in [6, 6.07) is 3.21. The Morgan fingerprint density at radius 3 is 2.56 bits per heavy atom. The molecule has 0 amide bonds. The molecule has 0 atom stereocenters. The number of aromatic hydroxyl groups is 1. The minimum Gasteiger partial charge on any atom is -0.506 e. The first-order valence-electron chi connectivity index (χ1n) is 8.62. The molecule has 1 fully saturated rings. The minimum absolute atomic E-state index is 0.0616. The number of hydrogen-bond acceptors (Lipinski definition) is 7. The van der Waals surface area contributed by atoms with Crippen molar-refractivity contribution < 1.29 is 22.4 Å². The van der Waals surface area contributed by atoms with Crippen molar-refractivity contribution in [2.75, 3.05) is 40.3 Å². The number of rotatable bonds is 2. The zero-order valence-electron chi connectivity index (χ0n) is 15.4. The van der Waals surface area contributed by atoms with Gasteiger partial charge in [0.2, 0.25) is 0 Å². The van der Waals surface area contributed by atoms with Gasteiger partial charge in [-0.3, -0.25) is 4.99 Å². The summed E-state index contributed by atoms with van der Waals surface area (Å²) >= 11 is 0. The maximum atomic E-state index is 13.5. The van der Waals surface area contributed by atoms with Gasteiger partial charge >= 0.3 is 0 Å². The zero-order chi connectivity index (χ0) is 19.3. The lowest BCUT2D eigenvalue weighted by atomic mass is 10.1. The van der Waals surface area contributed by atoms with Gasteiger partial charge in [0.25, 0.3) is 10.0 Å². The second-order valence-electron chi connectivity index (χ2n) is 6.72. The van der Waals surface area contributed by atoms with Gasteiger partial charge in [0.1, 0.15) is 11.5 Å². The number of sulfonamides is 1. The van der Waals surface area contributed by atoms with Crippen LogP contribution in [0.25, 0.3) is 21.9 Å². The normalized spacial score (nSPS) is 18.0. The van der Waals surface area contributed by atoms with Crippen molar-refractivity contribution in [3.63, 3.8) is 0 Å². The van der Waals surface area contributed by atoms with E-state index in [1.807, 2.05) is 7.05 Å². The number of likely N-dealkylation sites (N-methyl/N-ethyl adjacent to an activating group) is 1. The quantitative estimate of drug-likeness (QED) is 0.713. The van der Waals surface area contributed by atoms with E-state index in [2.05, 4.69) is 9.89 Å². The van der Waals surface area contributed by atoms with E-state index in [0.717, 1.165) is 0 Å². The monoisotopic (exact) mass is 391 g/mol. The number of hydrogen-bond donors (Lipinski definition) is 1. The number of aryl methyl sites for hydroxylation is 1. The molecule has 8 nitrogen and oxygen atoms in total. The average Bonchev–Trinajstić information content (AvgIpc) is 3.10. The predicted molar refractivity (Wildman–Crippen MR) is 100 cm³/mol. The fourth-order valence-corrected chi connectivity index (χ4v) is 5.16. The Labute approximate surface area is 156 Å². The number of benzene rings is 1. The van der Waals surface area contributed by atoms with E-state index >= 15 is 0 Å². The molecule has 3 heterocycles. The van der Waals surface area contributed by atoms with E-state index in [0.29, 0.717) is 42.7 Å². The smallest absolute Gasteiger partial charge is 0.250 e. The molecule has 4 rings (SSSR count). The van der Waals surface area contributed by atoms with E-state index in [1.165, 1.54) is 10.6 Å². The summed E-state index contributed by atoms with van der Waals surface area (Å²) in [6.45, 7) is 3.74. The Balaban J connectivity index is 2.11. The Morgan fingerprint density at radius 2 is 1.89 bits per heavy atom. The van der Waals surface area contributed by atoms with Crippen LogP contribution in [0.4, 0.5) is 0 Å². The lowest BCUT2D eigenvalue weighted by Gasteiger charge is -2.31. The molecule has 3 aromatic rings. The summed E-state index contributed by atoms with van der Waals surface area (Å²) in [5.74, 6) is 0.388. The molecule has 9 heteroatoms. The first kappa shape index (κ1) is 18.0. The highest BCUT2D eigenvalue weighted by atomic mass is 32.2. The molecule has 0 unspecified atom stereocenters. The fraction of sp³-hybridized carbons (Fsp3) is 0.389. The Hall–Kier alpha value is -2.36. The second-order valence-corrected chi connectivity index (χ2v) is 8.59. The summed E-state index contributed by atoms with van der Waals surface area (Å²) in [5, 5.41) is 11.8. The summed E-state index contributed by atoms with van der Waals surface area (Å²) in [5.41, 5.74) is 0.157. The fourth-order valence-electron chi connectivity index (χ4n) is 3.49. The third kappa shape index (κ3) is 2.73. The van der Waals surface area contributed by atoms with Crippen LogP contribution in [0.2, 0.25) is 0 Å². The van der Waals surface area contributed by atoms with E-state index < -0.39 is 10.0 Å². The number of phenolic OH excluding ortho intramolecular Hbond substituents is 1. The van der Waals surface area contributed by atoms with Gasteiger partial charge in [-0.2, -0.15) is 4.31 Å². The van der Waals surface area contributed by atoms with Gasteiger partial charge in [0, 0.05) is 39.3 Å². The van der Waals surface area contributed by atoms with Crippen LogP contribution in [0.3, 0.4) is 0 Å². The molecule has 0 bridgehead atoms. The van der Waals surface area contributed by atoms with Crippen molar-refractivity contribution in [3.8, 4) is 5.75 Å². The molecule has 2 aromatic heterocycles. The maximum Gasteiger partial charge on any atom is 0.250 e. The van der Waals surface area contributed by atoms with Crippen LogP contribution in [-0.4, -0.2) is 63.0 Å². The van der Waals surface area contributed by atoms with Crippen molar-refractivity contribution in [1.29, 1.82) is 0 Å². The summed E-state index contributed by atoms with van der Waals surface area (Å²) in [6.07, 6.45) is 1.36. The highest BCUT2D eigenvalue weighted by Gasteiger charge is 2.35. The number of piperazine rings is 1. The van der Waals surface area contributed by atoms with Crippen molar-refractivity contribution in [2.24, 2.45) is 4.99 Å². The van der Waals surface area contributed by atoms with Gasteiger partial charge in [-0.05, 0) is 20.0 Å². The van der Waals surface area contributed by atoms with E-state index in [9.17, 15) is 13.5 Å². The van der Waals surface area contributed by atoms with Crippen molar-refractivity contribution in [3.05, 3.63) is 29.5 Å². The molecule has 144 valence electrons. The molecule has 1 N–H and O–H groups in total. The molecule has 0 radical (unpaired) electrons. The Bertz CT molecular complexity index is 1200. The van der Waals surface area contributed by atoms with Gasteiger partial charge in [0.05, 0.1) is 22.4 Å². The van der Waals surface area contributed by atoms with Crippen molar-refractivity contribution in [2.45, 2.75) is 11.8 Å². The van der Waals surface area contributed by atoms with Crippen LogP contribution in [-0.2, 0) is 10.0 Å². The highest BCUT2D eigenvalue weighted by molar-refractivity contribution is 7.89. The first-order chi connectivity index (χ1) is 12.8. The third-order valence-electron chi connectivity index (χ3n) is 4.96. The molecule has 1 aromatic carbocycles. The predicted octanol–water partition coefficient (Wildman–Crippen LogP) is 1.66. The zero-order valence-corrected chi connectivity index (χ0v) is 16.2. The van der Waals surface area contributed by atoms with Crippen LogP contribution in [0.5, 0.6) is 5.75 Å². The Morgan fingerprint density at radius 1 is 1.19 bits per heavy atom. The molecular formula is C18H21N3O5S. The largest absolute Gasteiger partial charge is 0.506 e. The van der Waals surface area contributed by atoms with Gasteiger partial charge in [-0.15, -0.1) is 0 Å². The topological polar surface area (TPSA) is 99.5 Å². The van der Waals surface area contributed by atoms with Crippen molar-refractivity contribution in [1.82, 2.24) is 9.21 Å². The molecule has 0 spiro atoms. The summed E-state index contributed by atoms with van der Waals surface area (Å²) in [4.78, 5) is 6.21. The van der Waals surface area contributed by atoms with Gasteiger partial charge in [0.15, 0.2) is 16.1 Å². The van der Waals surface area contributed by atoms with Gasteiger partial charge in [-0.25, -0.2) is 8.42 Å². The molecule has 0 aliphatic carbocycles. The number of furan rings is 1. The maximum absolute atomic E-state index is 13.5. The van der Waals surface area contributed by atoms with Crippen LogP contribution in [0.1, 0.15) is 5.76 Å². The third-order valence-corrected chi connectivity index (χ3v) is 6.89. The van der Waals surface area contributed by atoms with Crippen LogP contribution >= 0.6 is 0 Å². The van der Waals surface area contributed by atoms with Crippen LogP contribution in [0, 0.1) is 6.92 Å². The van der Waals surface area contributed by atoms with E-state index in [4.69, 9.17) is 8.83 Å². The Kier molecular flexibility index (Phi) is 4.25. The number of nitrogens with zero attached hydrogens (tertiary/aromatic N) is 3.